The van der Waals surface area contributed by atoms with Gasteiger partial charge in [-0.05, 0) is 0 Å². The van der Waals surface area contributed by atoms with E-state index in [0.29, 0.717) is 10.1 Å². The number of aliphatic hydroxyl groups excluding tert-OH is 1. The number of aliphatic hydroxyl groups is 1. The van der Waals surface area contributed by atoms with E-state index < -0.39 is 6.10 Å². The van der Waals surface area contributed by atoms with E-state index in [2.05, 4.69) is 10.9 Å². The number of ether oxygens (including phenoxy) is 1. The third kappa shape index (κ3) is 1.70. The monoisotopic (exact) mass is 169 g/mol. The van der Waals surface area contributed by atoms with Crippen molar-refractivity contribution in [3.05, 3.63) is 11.1 Å². The van der Waals surface area contributed by atoms with Gasteiger partial charge in [0.15, 0.2) is 6.10 Å². The number of hydrogen-bond donors (Lipinski definition) is 1. The normalized spacial score (nSPS) is 12.1. The van der Waals surface area contributed by atoms with E-state index in [1.165, 1.54) is 24.6 Å². The Balaban J connectivity index is 2.82. The minimum absolute atomic E-state index is 0.509. The second-order valence-corrected chi connectivity index (χ2v) is 2.83. The van der Waals surface area contributed by atoms with Crippen LogP contribution in [0.2, 0.25) is 0 Å². The molecule has 1 N–H and O–H groups in total. The molecule has 0 saturated heterocycles. The molecular weight excluding hydrogens is 162 g/mol. The fourth-order valence-electron chi connectivity index (χ4n) is 0.573. The molecule has 0 aliphatic carbocycles. The van der Waals surface area contributed by atoms with Crippen LogP contribution < -0.4 is 4.74 Å². The first-order chi connectivity index (χ1) is 5.27. The summed E-state index contributed by atoms with van der Waals surface area (Å²) in [6.07, 6.45) is 5.64. The third-order valence-corrected chi connectivity index (χ3v) is 2.12. The molecule has 0 amide bonds. The molecule has 4 heteroatoms. The van der Waals surface area contributed by atoms with Gasteiger partial charge < -0.3 is 9.84 Å². The van der Waals surface area contributed by atoms with Crippen LogP contribution in [-0.2, 0) is 0 Å². The van der Waals surface area contributed by atoms with Gasteiger partial charge >= 0.3 is 0 Å². The van der Waals surface area contributed by atoms with Crippen molar-refractivity contribution >= 4 is 11.3 Å². The van der Waals surface area contributed by atoms with E-state index in [-0.39, 0.29) is 0 Å². The number of rotatable bonds is 2. The van der Waals surface area contributed by atoms with Crippen LogP contribution in [0, 0.1) is 12.3 Å². The zero-order valence-corrected chi connectivity index (χ0v) is 6.76. The molecule has 0 saturated carbocycles. The van der Waals surface area contributed by atoms with Crippen molar-refractivity contribution in [2.75, 3.05) is 7.11 Å². The molecule has 0 radical (unpaired) electrons. The lowest BCUT2D eigenvalue weighted by Crippen LogP contribution is -1.87. The Bertz CT molecular complexity index is 276. The van der Waals surface area contributed by atoms with Crippen LogP contribution in [-0.4, -0.2) is 17.2 Å². The lowest BCUT2D eigenvalue weighted by Gasteiger charge is -1.94. The number of hydrogen-bond acceptors (Lipinski definition) is 4. The zero-order valence-electron chi connectivity index (χ0n) is 5.94. The minimum atomic E-state index is -0.864. The highest BCUT2D eigenvalue weighted by molar-refractivity contribution is 7.13. The average Bonchev–Trinajstić information content (AvgIpc) is 2.50. The molecule has 0 bridgehead atoms. The van der Waals surface area contributed by atoms with Gasteiger partial charge in [0.1, 0.15) is 0 Å². The molecule has 3 nitrogen and oxygen atoms in total. The van der Waals surface area contributed by atoms with Gasteiger partial charge in [-0.1, -0.05) is 17.3 Å². The van der Waals surface area contributed by atoms with Gasteiger partial charge in [0.25, 0.3) is 5.19 Å². The summed E-state index contributed by atoms with van der Waals surface area (Å²) in [6, 6.07) is 0. The van der Waals surface area contributed by atoms with E-state index >= 15 is 0 Å². The molecule has 1 atom stereocenters. The number of methoxy groups -OCH3 is 1. The predicted molar refractivity (Wildman–Crippen MR) is 42.5 cm³/mol. The van der Waals surface area contributed by atoms with Gasteiger partial charge in [-0.2, -0.15) is 0 Å². The molecule has 1 aromatic heterocycles. The van der Waals surface area contributed by atoms with Crippen molar-refractivity contribution in [2.24, 2.45) is 0 Å². The van der Waals surface area contributed by atoms with Gasteiger partial charge in [0.05, 0.1) is 12.0 Å². The highest BCUT2D eigenvalue weighted by Crippen LogP contribution is 2.24. The SMILES string of the molecule is C#CC(O)c1cnc(OC)s1. The molecule has 0 aliphatic rings. The van der Waals surface area contributed by atoms with Gasteiger partial charge in [-0.25, -0.2) is 4.98 Å². The summed E-state index contributed by atoms with van der Waals surface area (Å²) < 4.78 is 4.82. The topological polar surface area (TPSA) is 42.4 Å². The van der Waals surface area contributed by atoms with Crippen molar-refractivity contribution in [3.63, 3.8) is 0 Å². The molecule has 11 heavy (non-hydrogen) atoms. The van der Waals surface area contributed by atoms with Gasteiger partial charge in [0.2, 0.25) is 0 Å². The van der Waals surface area contributed by atoms with E-state index in [4.69, 9.17) is 16.3 Å². The number of nitrogens with zero attached hydrogens (tertiary/aromatic N) is 1. The number of terminal acetylenes is 1. The van der Waals surface area contributed by atoms with Crippen molar-refractivity contribution in [2.45, 2.75) is 6.10 Å². The molecule has 1 aromatic rings. The van der Waals surface area contributed by atoms with Crippen LogP contribution in [0.4, 0.5) is 0 Å². The fraction of sp³-hybridized carbons (Fsp3) is 0.286. The van der Waals surface area contributed by atoms with Gasteiger partial charge in [-0.3, -0.25) is 0 Å². The maximum atomic E-state index is 9.12. The fourth-order valence-corrected chi connectivity index (χ4v) is 1.25. The maximum Gasteiger partial charge on any atom is 0.273 e. The van der Waals surface area contributed by atoms with Crippen molar-refractivity contribution in [3.8, 4) is 17.5 Å². The van der Waals surface area contributed by atoms with E-state index in [1.807, 2.05) is 0 Å². The Morgan fingerprint density at radius 1 is 1.91 bits per heavy atom. The third-order valence-electron chi connectivity index (χ3n) is 1.10. The summed E-state index contributed by atoms with van der Waals surface area (Å²) in [5.74, 6) is 2.19. The van der Waals surface area contributed by atoms with Crippen molar-refractivity contribution in [1.29, 1.82) is 0 Å². The van der Waals surface area contributed by atoms with E-state index in [1.54, 1.807) is 0 Å². The Labute approximate surface area is 68.7 Å². The standard InChI is InChI=1S/C7H7NO2S/c1-3-5(9)6-4-8-7(10-2)11-6/h1,4-5,9H,2H3. The van der Waals surface area contributed by atoms with Crippen molar-refractivity contribution < 1.29 is 9.84 Å². The van der Waals surface area contributed by atoms with Crippen LogP contribution in [0.25, 0.3) is 0 Å². The molecule has 0 aliphatic heterocycles. The van der Waals surface area contributed by atoms with E-state index in [9.17, 15) is 0 Å². The molecule has 1 rings (SSSR count). The average molecular weight is 169 g/mol. The molecule has 58 valence electrons. The lowest BCUT2D eigenvalue weighted by molar-refractivity contribution is 0.242. The van der Waals surface area contributed by atoms with Crippen LogP contribution in [0.1, 0.15) is 11.0 Å². The summed E-state index contributed by atoms with van der Waals surface area (Å²) in [6.45, 7) is 0. The Morgan fingerprint density at radius 3 is 3.09 bits per heavy atom. The summed E-state index contributed by atoms with van der Waals surface area (Å²) in [5, 5.41) is 9.63. The number of aromatic nitrogens is 1. The van der Waals surface area contributed by atoms with Gasteiger partial charge in [0, 0.05) is 6.20 Å². The van der Waals surface area contributed by atoms with Crippen LogP contribution in [0.3, 0.4) is 0 Å². The summed E-state index contributed by atoms with van der Waals surface area (Å²) in [5.41, 5.74) is 0. The molecule has 0 spiro atoms. The van der Waals surface area contributed by atoms with Crippen LogP contribution in [0.5, 0.6) is 5.19 Å². The molecular formula is C7H7NO2S. The summed E-state index contributed by atoms with van der Waals surface area (Å²) >= 11 is 1.24. The largest absolute Gasteiger partial charge is 0.473 e. The molecule has 0 aromatic carbocycles. The Morgan fingerprint density at radius 2 is 2.64 bits per heavy atom. The first-order valence-electron chi connectivity index (χ1n) is 2.92. The van der Waals surface area contributed by atoms with Crippen molar-refractivity contribution in [1.82, 2.24) is 4.98 Å². The smallest absolute Gasteiger partial charge is 0.273 e. The maximum absolute atomic E-state index is 9.12. The molecule has 1 heterocycles. The predicted octanol–water partition coefficient (Wildman–Crippen LogP) is 0.818. The first kappa shape index (κ1) is 8.05. The Kier molecular flexibility index (Phi) is 2.47. The first-order valence-corrected chi connectivity index (χ1v) is 3.73. The van der Waals surface area contributed by atoms with Gasteiger partial charge in [-0.15, -0.1) is 6.42 Å². The number of thiazole rings is 1. The molecule has 0 fully saturated rings. The lowest BCUT2D eigenvalue weighted by atomic mass is 10.3. The highest BCUT2D eigenvalue weighted by Gasteiger charge is 2.07. The quantitative estimate of drug-likeness (QED) is 0.666. The van der Waals surface area contributed by atoms with Crippen LogP contribution in [0.15, 0.2) is 6.20 Å². The van der Waals surface area contributed by atoms with Crippen LogP contribution >= 0.6 is 11.3 Å². The summed E-state index contributed by atoms with van der Waals surface area (Å²) in [7, 11) is 1.52. The second-order valence-electron chi connectivity index (χ2n) is 1.80. The summed E-state index contributed by atoms with van der Waals surface area (Å²) in [4.78, 5) is 4.47. The second kappa shape index (κ2) is 3.37. The van der Waals surface area contributed by atoms with E-state index in [0.717, 1.165) is 0 Å². The minimum Gasteiger partial charge on any atom is -0.473 e. The molecule has 1 unspecified atom stereocenters. The Hall–Kier alpha value is -1.05. The highest BCUT2D eigenvalue weighted by atomic mass is 32.1. The zero-order chi connectivity index (χ0) is 8.27.